The van der Waals surface area contributed by atoms with Gasteiger partial charge in [-0.15, -0.1) is 0 Å². The standard InChI is InChI=1S/C18H16ClNO3S/c1-23-16-8-12(21)7-14(10-4-5-24-9-10)18(16)13-3-2-11(19)6-15(13)20-17(18)22/h2-6,9,14,16H,7-8H2,1H3,(H,20,22)/t14-,16+,18+/m1/s1. The Morgan fingerprint density at radius 3 is 2.83 bits per heavy atom. The second kappa shape index (κ2) is 5.69. The third-order valence-electron chi connectivity index (χ3n) is 5.18. The van der Waals surface area contributed by atoms with E-state index in [0.29, 0.717) is 17.1 Å². The molecule has 1 aromatic carbocycles. The molecule has 1 fully saturated rings. The number of anilines is 1. The molecule has 4 nitrogen and oxygen atoms in total. The van der Waals surface area contributed by atoms with Gasteiger partial charge >= 0.3 is 0 Å². The molecule has 0 unspecified atom stereocenters. The lowest BCUT2D eigenvalue weighted by atomic mass is 9.59. The molecule has 2 aliphatic rings. The maximum atomic E-state index is 13.2. The van der Waals surface area contributed by atoms with Crippen LogP contribution in [-0.4, -0.2) is 24.9 Å². The molecule has 1 aromatic heterocycles. The van der Waals surface area contributed by atoms with Crippen LogP contribution in [0.3, 0.4) is 0 Å². The number of ketones is 1. The second-order valence-corrected chi connectivity index (χ2v) is 7.51. The van der Waals surface area contributed by atoms with E-state index < -0.39 is 11.5 Å². The second-order valence-electron chi connectivity index (χ2n) is 6.29. The maximum absolute atomic E-state index is 13.2. The molecule has 1 saturated carbocycles. The minimum Gasteiger partial charge on any atom is -0.379 e. The Hall–Kier alpha value is -1.69. The number of rotatable bonds is 2. The summed E-state index contributed by atoms with van der Waals surface area (Å²) in [5, 5.41) is 7.51. The van der Waals surface area contributed by atoms with E-state index in [1.165, 1.54) is 0 Å². The Bertz CT molecular complexity index is 820. The van der Waals surface area contributed by atoms with Crippen LogP contribution in [0.2, 0.25) is 5.02 Å². The number of ether oxygens (including phenoxy) is 1. The van der Waals surface area contributed by atoms with Crippen molar-refractivity contribution in [1.29, 1.82) is 0 Å². The number of methoxy groups -OCH3 is 1. The molecule has 2 aromatic rings. The van der Waals surface area contributed by atoms with Crippen molar-refractivity contribution in [2.45, 2.75) is 30.3 Å². The summed E-state index contributed by atoms with van der Waals surface area (Å²) in [5.41, 5.74) is 1.69. The van der Waals surface area contributed by atoms with Crippen molar-refractivity contribution < 1.29 is 14.3 Å². The third-order valence-corrected chi connectivity index (χ3v) is 6.12. The first-order valence-corrected chi connectivity index (χ1v) is 9.07. The van der Waals surface area contributed by atoms with E-state index in [1.807, 2.05) is 22.9 Å². The predicted molar refractivity (Wildman–Crippen MR) is 93.9 cm³/mol. The van der Waals surface area contributed by atoms with E-state index in [4.69, 9.17) is 16.3 Å². The van der Waals surface area contributed by atoms with E-state index in [2.05, 4.69) is 5.32 Å². The molecule has 2 heterocycles. The van der Waals surface area contributed by atoms with Crippen molar-refractivity contribution in [3.8, 4) is 0 Å². The van der Waals surface area contributed by atoms with Crippen molar-refractivity contribution >= 4 is 40.3 Å². The zero-order chi connectivity index (χ0) is 16.9. The van der Waals surface area contributed by atoms with Gasteiger partial charge < -0.3 is 10.1 Å². The summed E-state index contributed by atoms with van der Waals surface area (Å²) in [6.07, 6.45) is 0.0877. The number of nitrogens with one attached hydrogen (secondary N) is 1. The van der Waals surface area contributed by atoms with Crippen molar-refractivity contribution in [3.05, 3.63) is 51.2 Å². The Balaban J connectivity index is 1.97. The first-order chi connectivity index (χ1) is 11.6. The van der Waals surface area contributed by atoms with Crippen LogP contribution in [-0.2, 0) is 19.7 Å². The summed E-state index contributed by atoms with van der Waals surface area (Å²) >= 11 is 7.66. The molecule has 1 spiro atoms. The van der Waals surface area contributed by atoms with Crippen LogP contribution in [0.25, 0.3) is 0 Å². The molecule has 1 N–H and O–H groups in total. The minimum absolute atomic E-state index is 0.115. The molecular formula is C18H16ClNO3S. The molecule has 1 aliphatic heterocycles. The summed E-state index contributed by atoms with van der Waals surface area (Å²) in [7, 11) is 1.57. The molecule has 0 saturated heterocycles. The van der Waals surface area contributed by atoms with E-state index in [1.54, 1.807) is 30.6 Å². The van der Waals surface area contributed by atoms with Gasteiger partial charge in [0, 0.05) is 36.6 Å². The fraction of sp³-hybridized carbons (Fsp3) is 0.333. The molecule has 6 heteroatoms. The van der Waals surface area contributed by atoms with Crippen LogP contribution in [0.5, 0.6) is 0 Å². The number of amides is 1. The molecular weight excluding hydrogens is 346 g/mol. The zero-order valence-corrected chi connectivity index (χ0v) is 14.6. The molecule has 3 atom stereocenters. The van der Waals surface area contributed by atoms with E-state index >= 15 is 0 Å². The van der Waals surface area contributed by atoms with Crippen LogP contribution < -0.4 is 5.32 Å². The number of fused-ring (bicyclic) bond motifs is 2. The number of carbonyl (C=O) groups is 2. The van der Waals surface area contributed by atoms with Gasteiger partial charge in [0.05, 0.1) is 6.10 Å². The Morgan fingerprint density at radius 2 is 2.12 bits per heavy atom. The predicted octanol–water partition coefficient (Wildman–Crippen LogP) is 3.75. The van der Waals surface area contributed by atoms with Gasteiger partial charge in [0.15, 0.2) is 0 Å². The highest BCUT2D eigenvalue weighted by atomic mass is 35.5. The summed E-state index contributed by atoms with van der Waals surface area (Å²) in [6.45, 7) is 0. The highest BCUT2D eigenvalue weighted by Crippen LogP contribution is 2.55. The van der Waals surface area contributed by atoms with Gasteiger partial charge in [0.25, 0.3) is 0 Å². The van der Waals surface area contributed by atoms with Gasteiger partial charge in [-0.1, -0.05) is 17.7 Å². The van der Waals surface area contributed by atoms with Crippen LogP contribution in [0.15, 0.2) is 35.0 Å². The highest BCUT2D eigenvalue weighted by Gasteiger charge is 2.61. The number of thiophene rings is 1. The fourth-order valence-electron chi connectivity index (χ4n) is 4.18. The van der Waals surface area contributed by atoms with E-state index in [0.717, 1.165) is 11.1 Å². The van der Waals surface area contributed by atoms with Crippen LogP contribution in [0, 0.1) is 0 Å². The summed E-state index contributed by atoms with van der Waals surface area (Å²) < 4.78 is 5.67. The molecule has 0 radical (unpaired) electrons. The van der Waals surface area contributed by atoms with Gasteiger partial charge in [-0.3, -0.25) is 9.59 Å². The number of halogens is 1. The van der Waals surface area contributed by atoms with Gasteiger partial charge in [-0.25, -0.2) is 0 Å². The monoisotopic (exact) mass is 361 g/mol. The number of carbonyl (C=O) groups excluding carboxylic acids is 2. The van der Waals surface area contributed by atoms with Gasteiger partial charge in [0.1, 0.15) is 11.2 Å². The van der Waals surface area contributed by atoms with Crippen molar-refractivity contribution in [1.82, 2.24) is 0 Å². The topological polar surface area (TPSA) is 55.4 Å². The Labute approximate surface area is 148 Å². The molecule has 1 amide bonds. The average Bonchev–Trinajstić information content (AvgIpc) is 3.17. The molecule has 124 valence electrons. The average molecular weight is 362 g/mol. The minimum atomic E-state index is -0.899. The normalized spacial score (nSPS) is 28.9. The Kier molecular flexibility index (Phi) is 3.75. The first-order valence-electron chi connectivity index (χ1n) is 7.75. The largest absolute Gasteiger partial charge is 0.379 e. The van der Waals surface area contributed by atoms with Crippen LogP contribution in [0.4, 0.5) is 5.69 Å². The summed E-state index contributed by atoms with van der Waals surface area (Å²) in [4.78, 5) is 25.5. The highest BCUT2D eigenvalue weighted by molar-refractivity contribution is 7.08. The van der Waals surface area contributed by atoms with Gasteiger partial charge in [0.2, 0.25) is 5.91 Å². The number of Topliss-reactive ketones (excluding diaryl/α,β-unsaturated/α-hetero) is 1. The van der Waals surface area contributed by atoms with E-state index in [-0.39, 0.29) is 24.0 Å². The number of hydrogen-bond donors (Lipinski definition) is 1. The van der Waals surface area contributed by atoms with Crippen LogP contribution in [0.1, 0.15) is 29.9 Å². The SMILES string of the molecule is CO[C@H]1CC(=O)C[C@H](c2ccsc2)[C@]12C(=O)Nc1cc(Cl)ccc12. The lowest BCUT2D eigenvalue weighted by Gasteiger charge is -2.44. The lowest BCUT2D eigenvalue weighted by molar-refractivity contribution is -0.137. The zero-order valence-electron chi connectivity index (χ0n) is 13.0. The Morgan fingerprint density at radius 1 is 1.29 bits per heavy atom. The van der Waals surface area contributed by atoms with Crippen molar-refractivity contribution in [2.24, 2.45) is 0 Å². The van der Waals surface area contributed by atoms with Crippen molar-refractivity contribution in [2.75, 3.05) is 12.4 Å². The number of hydrogen-bond acceptors (Lipinski definition) is 4. The smallest absolute Gasteiger partial charge is 0.238 e. The fourth-order valence-corrected chi connectivity index (χ4v) is 5.07. The molecule has 24 heavy (non-hydrogen) atoms. The molecule has 4 rings (SSSR count). The molecule has 1 aliphatic carbocycles. The summed E-state index contributed by atoms with van der Waals surface area (Å²) in [6, 6.07) is 7.42. The quantitative estimate of drug-likeness (QED) is 0.886. The third kappa shape index (κ3) is 2.08. The van der Waals surface area contributed by atoms with Gasteiger partial charge in [-0.2, -0.15) is 11.3 Å². The lowest BCUT2D eigenvalue weighted by Crippen LogP contribution is -2.55. The number of benzene rings is 1. The first kappa shape index (κ1) is 15.8. The van der Waals surface area contributed by atoms with Crippen molar-refractivity contribution in [3.63, 3.8) is 0 Å². The maximum Gasteiger partial charge on any atom is 0.238 e. The van der Waals surface area contributed by atoms with Gasteiger partial charge in [-0.05, 0) is 40.1 Å². The van der Waals surface area contributed by atoms with E-state index in [9.17, 15) is 9.59 Å². The molecule has 0 bridgehead atoms. The van der Waals surface area contributed by atoms with Crippen LogP contribution >= 0.6 is 22.9 Å². The summed E-state index contributed by atoms with van der Waals surface area (Å²) in [5.74, 6) is -0.230.